The Hall–Kier alpha value is -3.17. The van der Waals surface area contributed by atoms with Crippen molar-refractivity contribution in [2.45, 2.75) is 0 Å². The van der Waals surface area contributed by atoms with Gasteiger partial charge in [-0.25, -0.2) is 0 Å². The van der Waals surface area contributed by atoms with E-state index in [4.69, 9.17) is 44.3 Å². The molecular weight excluding hydrogens is 559 g/mol. The van der Waals surface area contributed by atoms with Gasteiger partial charge in [0.25, 0.3) is 17.1 Å². The third kappa shape index (κ3) is 6.99. The average molecular weight is 578 g/mol. The van der Waals surface area contributed by atoms with Crippen LogP contribution in [0.2, 0.25) is 15.1 Å². The van der Waals surface area contributed by atoms with Crippen molar-refractivity contribution in [3.05, 3.63) is 92.3 Å². The molecule has 1 aliphatic rings. The van der Waals surface area contributed by atoms with E-state index >= 15 is 0 Å². The van der Waals surface area contributed by atoms with Crippen LogP contribution < -0.4 is 14.8 Å². The van der Waals surface area contributed by atoms with Gasteiger partial charge < -0.3 is 14.8 Å². The summed E-state index contributed by atoms with van der Waals surface area (Å²) in [6.07, 6.45) is 1.51. The second-order valence-corrected chi connectivity index (χ2v) is 9.86. The fourth-order valence-corrected chi connectivity index (χ4v) is 4.71. The number of amides is 3. The number of rotatable bonds is 9. The Bertz CT molecular complexity index is 1380. The molecule has 1 N–H and O–H groups in total. The Morgan fingerprint density at radius 3 is 2.41 bits per heavy atom. The zero-order valence-electron chi connectivity index (χ0n) is 19.1. The van der Waals surface area contributed by atoms with Gasteiger partial charge in [-0.3, -0.25) is 19.3 Å². The van der Waals surface area contributed by atoms with Crippen molar-refractivity contribution >= 4 is 75.4 Å². The van der Waals surface area contributed by atoms with Gasteiger partial charge in [-0.2, -0.15) is 0 Å². The Kier molecular flexibility index (Phi) is 9.00. The highest BCUT2D eigenvalue weighted by atomic mass is 35.5. The number of nitrogens with one attached hydrogen (secondary N) is 1. The van der Waals surface area contributed by atoms with Crippen LogP contribution in [-0.2, 0) is 9.59 Å². The van der Waals surface area contributed by atoms with Gasteiger partial charge in [0, 0.05) is 10.6 Å². The summed E-state index contributed by atoms with van der Waals surface area (Å²) in [6.45, 7) is -0.177. The van der Waals surface area contributed by atoms with Crippen LogP contribution in [-0.4, -0.2) is 41.7 Å². The lowest BCUT2D eigenvalue weighted by atomic mass is 10.2. The highest BCUT2D eigenvalue weighted by molar-refractivity contribution is 8.18. The Morgan fingerprint density at radius 1 is 0.919 bits per heavy atom. The highest BCUT2D eigenvalue weighted by Gasteiger charge is 2.35. The second kappa shape index (κ2) is 12.4. The predicted molar refractivity (Wildman–Crippen MR) is 147 cm³/mol. The van der Waals surface area contributed by atoms with E-state index < -0.39 is 17.1 Å². The van der Waals surface area contributed by atoms with Crippen molar-refractivity contribution in [1.82, 2.24) is 4.90 Å². The number of hydrogen-bond acceptors (Lipinski definition) is 6. The monoisotopic (exact) mass is 576 g/mol. The lowest BCUT2D eigenvalue weighted by molar-refractivity contribution is -0.123. The molecule has 0 radical (unpaired) electrons. The first-order valence-electron chi connectivity index (χ1n) is 10.9. The van der Waals surface area contributed by atoms with Crippen molar-refractivity contribution in [1.29, 1.82) is 0 Å². The molecule has 4 rings (SSSR count). The molecule has 0 saturated carbocycles. The Balaban J connectivity index is 1.41. The molecule has 37 heavy (non-hydrogen) atoms. The van der Waals surface area contributed by atoms with Crippen molar-refractivity contribution in [2.24, 2.45) is 0 Å². The van der Waals surface area contributed by atoms with Crippen LogP contribution in [0, 0.1) is 0 Å². The molecule has 190 valence electrons. The Labute approximate surface area is 232 Å². The van der Waals surface area contributed by atoms with Gasteiger partial charge in [-0.05, 0) is 60.3 Å². The van der Waals surface area contributed by atoms with Gasteiger partial charge >= 0.3 is 0 Å². The summed E-state index contributed by atoms with van der Waals surface area (Å²) in [5.74, 6) is -0.119. The number of hydrogen-bond donors (Lipinski definition) is 1. The van der Waals surface area contributed by atoms with E-state index in [0.717, 1.165) is 16.7 Å². The number of para-hydroxylation sites is 2. The van der Waals surface area contributed by atoms with E-state index in [1.807, 2.05) is 0 Å². The van der Waals surface area contributed by atoms with Crippen molar-refractivity contribution in [3.63, 3.8) is 0 Å². The van der Waals surface area contributed by atoms with Gasteiger partial charge in [0.1, 0.15) is 18.1 Å². The normalized spacial score (nSPS) is 14.2. The number of imide groups is 1. The van der Waals surface area contributed by atoms with Crippen molar-refractivity contribution in [3.8, 4) is 11.5 Å². The van der Waals surface area contributed by atoms with Crippen LogP contribution in [0.1, 0.15) is 5.56 Å². The van der Waals surface area contributed by atoms with Gasteiger partial charge in [-0.15, -0.1) is 0 Å². The van der Waals surface area contributed by atoms with E-state index in [2.05, 4.69) is 5.32 Å². The van der Waals surface area contributed by atoms with E-state index in [1.165, 1.54) is 6.08 Å². The number of carbonyl (C=O) groups excluding carboxylic acids is 3. The van der Waals surface area contributed by atoms with Crippen LogP contribution in [0.4, 0.5) is 10.5 Å². The average Bonchev–Trinajstić information content (AvgIpc) is 3.13. The fraction of sp³-hybridized carbons (Fsp3) is 0.115. The van der Waals surface area contributed by atoms with E-state index in [9.17, 15) is 14.4 Å². The first-order valence-corrected chi connectivity index (χ1v) is 12.9. The molecular formula is C26H19Cl3N2O5S. The molecule has 0 aliphatic carbocycles. The summed E-state index contributed by atoms with van der Waals surface area (Å²) >= 11 is 19.1. The summed E-state index contributed by atoms with van der Waals surface area (Å²) in [4.78, 5) is 39.0. The molecule has 3 amide bonds. The number of carbonyl (C=O) groups is 3. The first-order chi connectivity index (χ1) is 17.8. The van der Waals surface area contributed by atoms with Crippen LogP contribution in [0.15, 0.2) is 71.6 Å². The van der Waals surface area contributed by atoms with Crippen LogP contribution in [0.5, 0.6) is 11.5 Å². The van der Waals surface area contributed by atoms with Gasteiger partial charge in [0.2, 0.25) is 0 Å². The summed E-state index contributed by atoms with van der Waals surface area (Å²) in [7, 11) is 0. The van der Waals surface area contributed by atoms with E-state index in [1.54, 1.807) is 66.7 Å². The minimum absolute atomic E-state index is 0.0500. The maximum absolute atomic E-state index is 12.9. The number of ether oxygens (including phenoxy) is 2. The molecule has 0 atom stereocenters. The maximum atomic E-state index is 12.9. The summed E-state index contributed by atoms with van der Waals surface area (Å²) in [5, 5.41) is 3.47. The zero-order valence-corrected chi connectivity index (χ0v) is 22.2. The van der Waals surface area contributed by atoms with E-state index in [0.29, 0.717) is 37.8 Å². The van der Waals surface area contributed by atoms with Gasteiger partial charge in [-0.1, -0.05) is 59.1 Å². The SMILES string of the molecule is O=C(COc1ccc(Cl)cc1/C=C1\SC(=O)N(CCOc2ccccc2Cl)C1=O)Nc1ccccc1Cl. The lowest BCUT2D eigenvalue weighted by Crippen LogP contribution is -2.32. The summed E-state index contributed by atoms with van der Waals surface area (Å²) in [6, 6.07) is 18.5. The van der Waals surface area contributed by atoms with Crippen LogP contribution in [0.25, 0.3) is 6.08 Å². The maximum Gasteiger partial charge on any atom is 0.293 e. The largest absolute Gasteiger partial charge is 0.490 e. The molecule has 1 saturated heterocycles. The lowest BCUT2D eigenvalue weighted by Gasteiger charge is -2.14. The third-order valence-electron chi connectivity index (χ3n) is 5.05. The number of thioether (sulfide) groups is 1. The molecule has 1 fully saturated rings. The predicted octanol–water partition coefficient (Wildman–Crippen LogP) is 6.78. The Morgan fingerprint density at radius 2 is 1.65 bits per heavy atom. The number of anilines is 1. The molecule has 0 bridgehead atoms. The van der Waals surface area contributed by atoms with Gasteiger partial charge in [0.15, 0.2) is 6.61 Å². The molecule has 0 spiro atoms. The molecule has 0 unspecified atom stereocenters. The molecule has 11 heteroatoms. The molecule has 1 heterocycles. The third-order valence-corrected chi connectivity index (χ3v) is 6.83. The topological polar surface area (TPSA) is 84.9 Å². The number of nitrogens with zero attached hydrogens (tertiary/aromatic N) is 1. The van der Waals surface area contributed by atoms with E-state index in [-0.39, 0.29) is 24.7 Å². The molecule has 3 aromatic carbocycles. The molecule has 7 nitrogen and oxygen atoms in total. The van der Waals surface area contributed by atoms with Crippen LogP contribution >= 0.6 is 46.6 Å². The number of halogens is 3. The minimum atomic E-state index is -0.472. The molecule has 1 aliphatic heterocycles. The smallest absolute Gasteiger partial charge is 0.293 e. The zero-order chi connectivity index (χ0) is 26.4. The summed E-state index contributed by atoms with van der Waals surface area (Å²) < 4.78 is 11.3. The van der Waals surface area contributed by atoms with Crippen molar-refractivity contribution < 1.29 is 23.9 Å². The van der Waals surface area contributed by atoms with Crippen LogP contribution in [0.3, 0.4) is 0 Å². The number of benzene rings is 3. The minimum Gasteiger partial charge on any atom is -0.490 e. The summed E-state index contributed by atoms with van der Waals surface area (Å²) in [5.41, 5.74) is 0.900. The molecule has 0 aromatic heterocycles. The quantitative estimate of drug-likeness (QED) is 0.282. The molecule has 3 aromatic rings. The highest BCUT2D eigenvalue weighted by Crippen LogP contribution is 2.35. The standard InChI is InChI=1S/C26H19Cl3N2O5S/c27-17-9-10-21(36-15-24(32)30-20-7-3-1-5-18(20)28)16(13-17)14-23-25(33)31(26(34)37-23)11-12-35-22-8-4-2-6-19(22)29/h1-10,13-14H,11-12,15H2,(H,30,32)/b23-14-. The first kappa shape index (κ1) is 26.9. The fourth-order valence-electron chi connectivity index (χ4n) is 3.30. The second-order valence-electron chi connectivity index (χ2n) is 7.61. The van der Waals surface area contributed by atoms with Crippen molar-refractivity contribution in [2.75, 3.05) is 25.1 Å². The van der Waals surface area contributed by atoms with Gasteiger partial charge in [0.05, 0.1) is 27.2 Å².